The Balaban J connectivity index is 1.74. The van der Waals surface area contributed by atoms with Crippen LogP contribution in [0.4, 0.5) is 0 Å². The van der Waals surface area contributed by atoms with Gasteiger partial charge in [0, 0.05) is 28.8 Å². The molecular formula is C32H23NO12S. The van der Waals surface area contributed by atoms with Gasteiger partial charge in [0.25, 0.3) is 0 Å². The molecule has 0 aliphatic heterocycles. The van der Waals surface area contributed by atoms with E-state index in [1.165, 1.54) is 34.9 Å². The summed E-state index contributed by atoms with van der Waals surface area (Å²) in [6, 6.07) is 13.3. The highest BCUT2D eigenvalue weighted by Gasteiger charge is 2.29. The normalized spacial score (nSPS) is 12.9. The molecule has 0 radical (unpaired) electrons. The number of hydrogen-bond acceptors (Lipinski definition) is 11. The van der Waals surface area contributed by atoms with Crippen LogP contribution in [0.15, 0.2) is 60.7 Å². The average Bonchev–Trinajstić information content (AvgIpc) is 3.27. The number of aryl methyl sites for hydroxylation is 2. The Labute approximate surface area is 259 Å². The number of aromatic nitrogens is 1. The molecule has 0 bridgehead atoms. The smallest absolute Gasteiger partial charge is 0.446 e. The molecule has 1 aliphatic rings. The molecule has 1 aliphatic carbocycles. The fourth-order valence-electron chi connectivity index (χ4n) is 5.54. The average molecular weight is 646 g/mol. The molecule has 0 atom stereocenters. The standard InChI is InChI=1S/C32H23NO12S/c34-18-5-1-15(2-6-18)9-10-33-30-28(17-3-7-21(35)22(36)11-17)31(40)20-14-24(38)23(37)13-19(20)29(30)27(32(33)41)16-4-8-26(25(39)12-16)45-46(42,43)44/h1-8,11-14,34-36,39-41H,9-10H2,(H,42,43,44). The third-order valence-corrected chi connectivity index (χ3v) is 7.98. The first-order valence-corrected chi connectivity index (χ1v) is 14.8. The number of benzene rings is 4. The molecule has 0 fully saturated rings. The van der Waals surface area contributed by atoms with Crippen molar-refractivity contribution in [3.8, 4) is 62.6 Å². The molecule has 0 saturated heterocycles. The van der Waals surface area contributed by atoms with E-state index >= 15 is 0 Å². The second-order valence-corrected chi connectivity index (χ2v) is 11.5. The molecule has 5 aromatic rings. The van der Waals surface area contributed by atoms with E-state index in [9.17, 15) is 48.6 Å². The zero-order chi connectivity index (χ0) is 33.1. The maximum Gasteiger partial charge on any atom is 0.446 e. The quantitative estimate of drug-likeness (QED) is 0.0770. The Bertz CT molecular complexity index is 2360. The molecule has 234 valence electrons. The van der Waals surface area contributed by atoms with Gasteiger partial charge in [-0.15, -0.1) is 0 Å². The van der Waals surface area contributed by atoms with Crippen LogP contribution >= 0.6 is 0 Å². The summed E-state index contributed by atoms with van der Waals surface area (Å²) in [4.78, 5) is 25.1. The lowest BCUT2D eigenvalue weighted by Gasteiger charge is -2.15. The minimum absolute atomic E-state index is 0.00158. The fourth-order valence-corrected chi connectivity index (χ4v) is 5.91. The van der Waals surface area contributed by atoms with Crippen LogP contribution in [0.3, 0.4) is 0 Å². The van der Waals surface area contributed by atoms with Crippen molar-refractivity contribution in [1.29, 1.82) is 0 Å². The summed E-state index contributed by atoms with van der Waals surface area (Å²) in [5.41, 5.74) is 1.14. The number of aromatic hydroxyl groups is 6. The number of carbonyl (C=O) groups excluding carboxylic acids is 2. The summed E-state index contributed by atoms with van der Waals surface area (Å²) in [6.45, 7) is 0.0366. The van der Waals surface area contributed by atoms with Crippen LogP contribution < -0.4 is 14.6 Å². The SMILES string of the molecule is O=C1C=c2c(O)c(-c3ccc(O)c(O)c3)c3c(c(-c4ccc(OS(=O)(=O)O)c(O)c4)c(O)n3CCc3ccc(O)cc3)c2=CC1=O. The van der Waals surface area contributed by atoms with Gasteiger partial charge in [0.2, 0.25) is 11.6 Å². The van der Waals surface area contributed by atoms with Crippen LogP contribution in [-0.2, 0) is 33.0 Å². The Morgan fingerprint density at radius 2 is 1.30 bits per heavy atom. The lowest BCUT2D eigenvalue weighted by atomic mass is 9.92. The first-order chi connectivity index (χ1) is 21.7. The summed E-state index contributed by atoms with van der Waals surface area (Å²) < 4.78 is 37.4. The number of carbonyl (C=O) groups is 2. The molecule has 0 saturated carbocycles. The van der Waals surface area contributed by atoms with Gasteiger partial charge >= 0.3 is 10.4 Å². The fraction of sp³-hybridized carbons (Fsp3) is 0.0625. The molecule has 0 spiro atoms. The first kappa shape index (κ1) is 30.1. The van der Waals surface area contributed by atoms with Gasteiger partial charge < -0.3 is 39.4 Å². The van der Waals surface area contributed by atoms with Gasteiger partial charge in [-0.3, -0.25) is 14.1 Å². The number of fused-ring (bicyclic) bond motifs is 3. The van der Waals surface area contributed by atoms with E-state index in [-0.39, 0.29) is 62.3 Å². The van der Waals surface area contributed by atoms with Crippen molar-refractivity contribution in [2.45, 2.75) is 13.0 Å². The van der Waals surface area contributed by atoms with Gasteiger partial charge in [0.1, 0.15) is 11.5 Å². The van der Waals surface area contributed by atoms with Crippen molar-refractivity contribution >= 4 is 45.0 Å². The summed E-state index contributed by atoms with van der Waals surface area (Å²) in [5.74, 6) is -5.04. The number of Topliss-reactive ketones (excluding diaryl/α,β-unsaturated/α-hetero) is 2. The van der Waals surface area contributed by atoms with E-state index in [1.54, 1.807) is 12.1 Å². The van der Waals surface area contributed by atoms with E-state index in [1.807, 2.05) is 0 Å². The number of hydrogen-bond donors (Lipinski definition) is 7. The maximum absolute atomic E-state index is 12.7. The van der Waals surface area contributed by atoms with Crippen LogP contribution in [-0.4, -0.2) is 59.7 Å². The molecule has 46 heavy (non-hydrogen) atoms. The van der Waals surface area contributed by atoms with E-state index in [0.29, 0.717) is 0 Å². The highest BCUT2D eigenvalue weighted by atomic mass is 32.3. The molecular weight excluding hydrogens is 622 g/mol. The highest BCUT2D eigenvalue weighted by Crippen LogP contribution is 2.46. The van der Waals surface area contributed by atoms with Crippen LogP contribution in [0.1, 0.15) is 5.56 Å². The van der Waals surface area contributed by atoms with Gasteiger partial charge in [-0.1, -0.05) is 24.3 Å². The molecule has 13 nitrogen and oxygen atoms in total. The second kappa shape index (κ2) is 10.9. The lowest BCUT2D eigenvalue weighted by Crippen LogP contribution is -2.34. The van der Waals surface area contributed by atoms with E-state index in [0.717, 1.165) is 35.9 Å². The predicted molar refractivity (Wildman–Crippen MR) is 163 cm³/mol. The van der Waals surface area contributed by atoms with Gasteiger partial charge in [-0.05, 0) is 70.8 Å². The van der Waals surface area contributed by atoms with E-state index in [4.69, 9.17) is 4.55 Å². The van der Waals surface area contributed by atoms with Crippen molar-refractivity contribution in [3.05, 3.63) is 76.7 Å². The molecule has 1 aromatic heterocycles. The van der Waals surface area contributed by atoms with Crippen LogP contribution in [0, 0.1) is 0 Å². The van der Waals surface area contributed by atoms with Gasteiger partial charge in [0.05, 0.1) is 11.1 Å². The Morgan fingerprint density at radius 1 is 0.696 bits per heavy atom. The van der Waals surface area contributed by atoms with Crippen molar-refractivity contribution < 1.29 is 57.4 Å². The Hall–Kier alpha value is -5.99. The molecule has 7 N–H and O–H groups in total. The van der Waals surface area contributed by atoms with Gasteiger partial charge in [-0.25, -0.2) is 0 Å². The van der Waals surface area contributed by atoms with Crippen LogP contribution in [0.5, 0.6) is 40.4 Å². The predicted octanol–water partition coefficient (Wildman–Crippen LogP) is 2.35. The molecule has 0 unspecified atom stereocenters. The largest absolute Gasteiger partial charge is 0.508 e. The zero-order valence-electron chi connectivity index (χ0n) is 23.4. The van der Waals surface area contributed by atoms with E-state index < -0.39 is 56.6 Å². The first-order valence-electron chi connectivity index (χ1n) is 13.5. The van der Waals surface area contributed by atoms with Crippen LogP contribution in [0.2, 0.25) is 0 Å². The Kier molecular flexibility index (Phi) is 7.10. The molecule has 14 heteroatoms. The summed E-state index contributed by atoms with van der Waals surface area (Å²) in [7, 11) is -5.00. The van der Waals surface area contributed by atoms with Crippen molar-refractivity contribution in [1.82, 2.24) is 4.57 Å². The minimum atomic E-state index is -5.00. The topological polar surface area (TPSA) is 224 Å². The minimum Gasteiger partial charge on any atom is -0.508 e. The summed E-state index contributed by atoms with van der Waals surface area (Å²) in [5, 5.41) is 64.2. The van der Waals surface area contributed by atoms with Crippen molar-refractivity contribution in [2.75, 3.05) is 0 Å². The molecule has 0 amide bonds. The highest BCUT2D eigenvalue weighted by molar-refractivity contribution is 7.81. The summed E-state index contributed by atoms with van der Waals surface area (Å²) >= 11 is 0. The number of rotatable bonds is 7. The van der Waals surface area contributed by atoms with E-state index in [2.05, 4.69) is 4.18 Å². The van der Waals surface area contributed by atoms with Crippen molar-refractivity contribution in [3.63, 3.8) is 0 Å². The third-order valence-electron chi connectivity index (χ3n) is 7.59. The number of phenolic OH excluding ortho intramolecular Hbond substituents is 5. The number of nitrogens with zero attached hydrogens (tertiary/aromatic N) is 1. The van der Waals surface area contributed by atoms with Gasteiger partial charge in [-0.2, -0.15) is 8.42 Å². The monoisotopic (exact) mass is 645 g/mol. The van der Waals surface area contributed by atoms with Crippen LogP contribution in [0.25, 0.3) is 45.3 Å². The van der Waals surface area contributed by atoms with Gasteiger partial charge in [0.15, 0.2) is 28.9 Å². The second-order valence-electron chi connectivity index (χ2n) is 10.5. The Morgan fingerprint density at radius 3 is 1.93 bits per heavy atom. The molecule has 4 aromatic carbocycles. The number of ketones is 2. The van der Waals surface area contributed by atoms with Crippen molar-refractivity contribution in [2.24, 2.45) is 0 Å². The number of phenols is 5. The third kappa shape index (κ3) is 5.21. The molecule has 1 heterocycles. The summed E-state index contributed by atoms with van der Waals surface area (Å²) in [6.07, 6.45) is 2.21. The lowest BCUT2D eigenvalue weighted by molar-refractivity contribution is -0.129. The maximum atomic E-state index is 12.7. The zero-order valence-corrected chi connectivity index (χ0v) is 24.2. The molecule has 6 rings (SSSR count).